The lowest BCUT2D eigenvalue weighted by Crippen LogP contribution is -2.38. The van der Waals surface area contributed by atoms with Crippen LogP contribution < -0.4 is 14.5 Å². The molecular formula is C49H54F5N9O2. The number of fused-ring (bicyclic) bond motifs is 2. The molecule has 4 aliphatic heterocycles. The first-order valence-electron chi connectivity index (χ1n) is 22.7. The Kier molecular flexibility index (Phi) is 12.6. The number of likely N-dealkylation sites (tertiary alicyclic amines) is 1. The van der Waals surface area contributed by atoms with E-state index in [1.165, 1.54) is 11.6 Å². The molecule has 65 heavy (non-hydrogen) atoms. The van der Waals surface area contributed by atoms with E-state index in [0.717, 1.165) is 105 Å². The fraction of sp³-hybridized carbons (Fsp3) is 0.469. The number of alkyl halides is 5. The van der Waals surface area contributed by atoms with Gasteiger partial charge in [-0.05, 0) is 110 Å². The molecule has 3 aromatic carbocycles. The van der Waals surface area contributed by atoms with Crippen LogP contribution in [-0.4, -0.2) is 87.7 Å². The van der Waals surface area contributed by atoms with E-state index in [1.807, 2.05) is 28.0 Å². The van der Waals surface area contributed by atoms with E-state index in [9.17, 15) is 26.7 Å². The van der Waals surface area contributed by atoms with Crippen molar-refractivity contribution >= 4 is 23.1 Å². The number of amides is 1. The molecule has 0 spiro atoms. The van der Waals surface area contributed by atoms with E-state index >= 15 is 0 Å². The third-order valence-corrected chi connectivity index (χ3v) is 13.8. The first-order chi connectivity index (χ1) is 31.3. The number of piperidine rings is 2. The molecule has 0 N–H and O–H groups in total. The summed E-state index contributed by atoms with van der Waals surface area (Å²) < 4.78 is 80.0. The van der Waals surface area contributed by atoms with Crippen LogP contribution in [0.25, 0.3) is 11.1 Å². The molecule has 0 bridgehead atoms. The average molecular weight is 896 g/mol. The number of ether oxygens (including phenoxy) is 1. The van der Waals surface area contributed by atoms with Crippen LogP contribution in [-0.2, 0) is 37.4 Å². The molecule has 0 atom stereocenters. The van der Waals surface area contributed by atoms with Gasteiger partial charge < -0.3 is 24.3 Å². The highest BCUT2D eigenvalue weighted by atomic mass is 19.4. The summed E-state index contributed by atoms with van der Waals surface area (Å²) in [4.78, 5) is 21.0. The number of nitriles is 1. The predicted molar refractivity (Wildman–Crippen MR) is 238 cm³/mol. The van der Waals surface area contributed by atoms with E-state index < -0.39 is 18.2 Å². The molecule has 16 heteroatoms. The highest BCUT2D eigenvalue weighted by Crippen LogP contribution is 2.44. The Hall–Kier alpha value is -5.95. The van der Waals surface area contributed by atoms with Crippen molar-refractivity contribution in [1.82, 2.24) is 29.4 Å². The Bertz CT molecular complexity index is 2550. The fourth-order valence-corrected chi connectivity index (χ4v) is 10.3. The van der Waals surface area contributed by atoms with Crippen LogP contribution in [0.2, 0.25) is 0 Å². The molecule has 0 unspecified atom stereocenters. The molecule has 5 aromatic rings. The topological polar surface area (TPSA) is 98.7 Å². The number of rotatable bonds is 11. The summed E-state index contributed by atoms with van der Waals surface area (Å²) in [5.74, 6) is 1.88. The Labute approximate surface area is 376 Å². The Morgan fingerprint density at radius 1 is 0.954 bits per heavy atom. The highest BCUT2D eigenvalue weighted by Gasteiger charge is 2.36. The van der Waals surface area contributed by atoms with E-state index in [-0.39, 0.29) is 23.1 Å². The fourth-order valence-electron chi connectivity index (χ4n) is 10.3. The van der Waals surface area contributed by atoms with Crippen molar-refractivity contribution in [2.45, 2.75) is 89.4 Å². The molecule has 2 aromatic heterocycles. The third-order valence-electron chi connectivity index (χ3n) is 13.8. The minimum absolute atomic E-state index is 0.00983. The number of aromatic nitrogens is 4. The molecule has 11 nitrogen and oxygen atoms in total. The maximum absolute atomic E-state index is 14.7. The van der Waals surface area contributed by atoms with Crippen LogP contribution in [0.1, 0.15) is 103 Å². The average Bonchev–Trinajstić information content (AvgIpc) is 3.93. The van der Waals surface area contributed by atoms with Gasteiger partial charge in [-0.2, -0.15) is 28.6 Å². The van der Waals surface area contributed by atoms with Gasteiger partial charge >= 0.3 is 6.18 Å². The van der Waals surface area contributed by atoms with Gasteiger partial charge in [0.25, 0.3) is 6.43 Å². The van der Waals surface area contributed by atoms with Crippen molar-refractivity contribution < 1.29 is 31.5 Å². The summed E-state index contributed by atoms with van der Waals surface area (Å²) in [6.07, 6.45) is 2.81. The van der Waals surface area contributed by atoms with E-state index in [0.29, 0.717) is 68.5 Å². The lowest BCUT2D eigenvalue weighted by molar-refractivity contribution is -0.137. The van der Waals surface area contributed by atoms with Gasteiger partial charge in [-0.1, -0.05) is 12.1 Å². The van der Waals surface area contributed by atoms with Crippen LogP contribution in [0.5, 0.6) is 5.75 Å². The maximum atomic E-state index is 14.7. The van der Waals surface area contributed by atoms with Crippen molar-refractivity contribution in [1.29, 1.82) is 5.26 Å². The summed E-state index contributed by atoms with van der Waals surface area (Å²) >= 11 is 0. The largest absolute Gasteiger partial charge is 0.494 e. The smallest absolute Gasteiger partial charge is 0.417 e. The van der Waals surface area contributed by atoms with E-state index in [1.54, 1.807) is 49.2 Å². The van der Waals surface area contributed by atoms with Gasteiger partial charge in [-0.25, -0.2) is 8.78 Å². The quantitative estimate of drug-likeness (QED) is 0.0956. The molecule has 342 valence electrons. The maximum Gasteiger partial charge on any atom is 0.417 e. The summed E-state index contributed by atoms with van der Waals surface area (Å²) in [6, 6.07) is 17.5. The second-order valence-electron chi connectivity index (χ2n) is 17.9. The zero-order chi connectivity index (χ0) is 45.4. The number of halogens is 5. The minimum atomic E-state index is -4.58. The monoisotopic (exact) mass is 895 g/mol. The molecule has 1 amide bonds. The van der Waals surface area contributed by atoms with Gasteiger partial charge in [0.2, 0.25) is 5.91 Å². The Balaban J connectivity index is 0.795. The van der Waals surface area contributed by atoms with Gasteiger partial charge in [0, 0.05) is 106 Å². The van der Waals surface area contributed by atoms with Gasteiger partial charge in [-0.15, -0.1) is 0 Å². The van der Waals surface area contributed by atoms with Gasteiger partial charge in [0.05, 0.1) is 42.6 Å². The Morgan fingerprint density at radius 3 is 2.40 bits per heavy atom. The Morgan fingerprint density at radius 2 is 1.72 bits per heavy atom. The van der Waals surface area contributed by atoms with Crippen molar-refractivity contribution in [3.63, 3.8) is 0 Å². The van der Waals surface area contributed by atoms with Crippen molar-refractivity contribution in [2.75, 3.05) is 62.2 Å². The number of aryl methyl sites for hydroxylation is 2. The molecule has 0 aliphatic carbocycles. The second-order valence-corrected chi connectivity index (χ2v) is 17.9. The number of nitrogens with zero attached hydrogens (tertiary/aromatic N) is 9. The molecular weight excluding hydrogens is 842 g/mol. The summed E-state index contributed by atoms with van der Waals surface area (Å²) in [5, 5.41) is 18.7. The first kappa shape index (κ1) is 44.3. The van der Waals surface area contributed by atoms with Gasteiger partial charge in [0.1, 0.15) is 5.75 Å². The van der Waals surface area contributed by atoms with Crippen molar-refractivity contribution in [3.8, 4) is 22.9 Å². The summed E-state index contributed by atoms with van der Waals surface area (Å²) in [7, 11) is 1.78. The molecule has 2 saturated heterocycles. The van der Waals surface area contributed by atoms with E-state index in [4.69, 9.17) is 15.1 Å². The molecule has 0 saturated carbocycles. The first-order valence-corrected chi connectivity index (χ1v) is 22.7. The third kappa shape index (κ3) is 9.30. The summed E-state index contributed by atoms with van der Waals surface area (Å²) in [6.45, 7) is 7.88. The van der Waals surface area contributed by atoms with Crippen LogP contribution in [0.3, 0.4) is 0 Å². The SMILES string of the molecule is CC(=O)N1CCc2c(c(N3CCCc4cc(-c5cnn(C)c5)c(C(F)F)cc43)nn2C2CCN(CCCOc3ccc(C4CCN(c5ccc(C#N)c(C(F)(F)F)c5)CC4)cc3)CC2)C1. The van der Waals surface area contributed by atoms with Crippen LogP contribution in [0.15, 0.2) is 67.0 Å². The van der Waals surface area contributed by atoms with Gasteiger partial charge in [-0.3, -0.25) is 14.2 Å². The molecule has 9 rings (SSSR count). The number of carbonyl (C=O) groups excluding carboxylic acids is 1. The zero-order valence-corrected chi connectivity index (χ0v) is 36.8. The lowest BCUT2D eigenvalue weighted by atomic mass is 9.89. The number of anilines is 3. The second kappa shape index (κ2) is 18.5. The molecule has 6 heterocycles. The number of hydrogen-bond acceptors (Lipinski definition) is 8. The zero-order valence-electron chi connectivity index (χ0n) is 36.8. The van der Waals surface area contributed by atoms with Gasteiger partial charge in [0.15, 0.2) is 5.82 Å². The molecule has 0 radical (unpaired) electrons. The van der Waals surface area contributed by atoms with Crippen LogP contribution >= 0.6 is 0 Å². The standard InChI is InChI=1S/C49H54F5N9O2/c1-32(64)61-23-16-45-43(31-61)48(62-18-3-5-35-25-41(37-29-56-58(2)30-37)42(47(50)51)27-46(35)62)57-63(45)38-14-19-59(20-15-38)17-4-24-65-40-10-7-33(8-11-40)34-12-21-60(22-13-34)39-9-6-36(28-55)44(26-39)49(52,53)54/h6-11,25-27,29-30,34,38,47H,3-5,12-24,31H2,1-2H3. The van der Waals surface area contributed by atoms with E-state index in [2.05, 4.69) is 31.7 Å². The lowest BCUT2D eigenvalue weighted by Gasteiger charge is -2.34. The predicted octanol–water partition coefficient (Wildman–Crippen LogP) is 9.59. The van der Waals surface area contributed by atoms with Crippen molar-refractivity contribution in [3.05, 3.63) is 106 Å². The molecule has 4 aliphatic rings. The molecule has 2 fully saturated rings. The normalized spacial score (nSPS) is 17.6. The minimum Gasteiger partial charge on any atom is -0.494 e. The highest BCUT2D eigenvalue weighted by molar-refractivity contribution is 5.78. The summed E-state index contributed by atoms with van der Waals surface area (Å²) in [5.41, 5.74) is 5.48. The number of benzene rings is 3. The van der Waals surface area contributed by atoms with Crippen LogP contribution in [0.4, 0.5) is 39.1 Å². The van der Waals surface area contributed by atoms with Crippen LogP contribution in [0, 0.1) is 11.3 Å². The van der Waals surface area contributed by atoms with Crippen molar-refractivity contribution in [2.24, 2.45) is 7.05 Å². The number of hydrogen-bond donors (Lipinski definition) is 0. The number of carbonyl (C=O) groups is 1.